The Balaban J connectivity index is 1.94. The number of nitrogens with one attached hydrogen (secondary N) is 1. The minimum Gasteiger partial charge on any atom is -0.478 e. The molecule has 1 unspecified atom stereocenters. The molecule has 3 aromatic carbocycles. The van der Waals surface area contributed by atoms with E-state index in [1.165, 1.54) is 25.3 Å². The Hall–Kier alpha value is -4.81. The molecule has 1 heterocycles. The molecule has 0 aliphatic rings. The third-order valence-corrected chi connectivity index (χ3v) is 9.95. The Kier molecular flexibility index (Phi) is 11.9. The van der Waals surface area contributed by atoms with E-state index in [1.807, 2.05) is 50.2 Å². The lowest BCUT2D eigenvalue weighted by Crippen LogP contribution is -2.35. The molecule has 11 nitrogen and oxygen atoms in total. The highest BCUT2D eigenvalue weighted by Crippen LogP contribution is 2.35. The molecule has 1 amide bonds. The number of alkyl carbamates (subject to hydrolysis) is 1. The van der Waals surface area contributed by atoms with Crippen LogP contribution in [0.3, 0.4) is 0 Å². The van der Waals surface area contributed by atoms with Crippen molar-refractivity contribution >= 4 is 28.0 Å². The van der Waals surface area contributed by atoms with E-state index in [0.29, 0.717) is 17.8 Å². The zero-order valence-corrected chi connectivity index (χ0v) is 31.6. The van der Waals surface area contributed by atoms with E-state index in [1.54, 1.807) is 20.8 Å². The van der Waals surface area contributed by atoms with Crippen LogP contribution in [0, 0.1) is 13.8 Å². The van der Waals surface area contributed by atoms with Crippen molar-refractivity contribution in [2.24, 2.45) is 0 Å². The number of anilines is 1. The third-order valence-electron chi connectivity index (χ3n) is 8.25. The van der Waals surface area contributed by atoms with Crippen molar-refractivity contribution in [3.05, 3.63) is 106 Å². The lowest BCUT2D eigenvalue weighted by Gasteiger charge is -2.26. The van der Waals surface area contributed by atoms with Crippen LogP contribution in [-0.2, 0) is 24.9 Å². The number of hydrogen-bond acceptors (Lipinski definition) is 8. The van der Waals surface area contributed by atoms with Crippen LogP contribution >= 0.6 is 0 Å². The monoisotopic (exact) mass is 716 g/mol. The van der Waals surface area contributed by atoms with Gasteiger partial charge in [-0.2, -0.15) is 0 Å². The number of hydrogen-bond donors (Lipinski definition) is 2. The number of carboxylic acid groups (broad SMARTS) is 1. The maximum atomic E-state index is 14.2. The summed E-state index contributed by atoms with van der Waals surface area (Å²) in [6.07, 6.45) is -0.154. The Labute approximate surface area is 301 Å². The molecule has 0 spiro atoms. The quantitative estimate of drug-likeness (QED) is 0.141. The van der Waals surface area contributed by atoms with Gasteiger partial charge in [-0.3, -0.25) is 0 Å². The lowest BCUT2D eigenvalue weighted by molar-refractivity contribution is 0.0526. The van der Waals surface area contributed by atoms with Gasteiger partial charge in [0, 0.05) is 25.1 Å². The molecule has 0 radical (unpaired) electrons. The summed E-state index contributed by atoms with van der Waals surface area (Å²) < 4.78 is 40.3. The Bertz CT molecular complexity index is 1960. The molecule has 12 heteroatoms. The summed E-state index contributed by atoms with van der Waals surface area (Å²) in [7, 11) is -3.06. The van der Waals surface area contributed by atoms with Crippen molar-refractivity contribution in [1.29, 1.82) is 0 Å². The van der Waals surface area contributed by atoms with E-state index < -0.39 is 40.3 Å². The third kappa shape index (κ3) is 9.71. The zero-order chi connectivity index (χ0) is 37.7. The van der Waals surface area contributed by atoms with Gasteiger partial charge in [0.2, 0.25) is 5.95 Å². The summed E-state index contributed by atoms with van der Waals surface area (Å²) in [4.78, 5) is 33.8. The highest BCUT2D eigenvalue weighted by Gasteiger charge is 2.31. The number of carbonyl (C=O) groups excluding carboxylic acids is 1. The number of methoxy groups -OCH3 is 1. The van der Waals surface area contributed by atoms with Gasteiger partial charge in [0.1, 0.15) is 12.3 Å². The predicted octanol–water partition coefficient (Wildman–Crippen LogP) is 7.60. The van der Waals surface area contributed by atoms with Gasteiger partial charge in [0.05, 0.1) is 21.8 Å². The number of aryl methyl sites for hydroxylation is 2. The highest BCUT2D eigenvalue weighted by molar-refractivity contribution is 7.92. The number of aromatic carboxylic acids is 1. The van der Waals surface area contributed by atoms with Gasteiger partial charge < -0.3 is 19.9 Å². The number of sulfonamides is 1. The topological polar surface area (TPSA) is 148 Å². The number of aromatic nitrogens is 2. The molecule has 1 atom stereocenters. The predicted molar refractivity (Wildman–Crippen MR) is 198 cm³/mol. The van der Waals surface area contributed by atoms with Crippen molar-refractivity contribution in [1.82, 2.24) is 15.3 Å². The minimum atomic E-state index is -4.42. The van der Waals surface area contributed by atoms with Crippen LogP contribution in [0.1, 0.15) is 92.2 Å². The fraction of sp³-hybridized carbons (Fsp3) is 0.385. The van der Waals surface area contributed by atoms with Crippen LogP contribution in [0.5, 0.6) is 0 Å². The standard InChI is InChI=1S/C39H48N4O7S/c1-25-12-10-13-26(2)34(25)33-23-32(41-36(42-33)43(24-49-9)51(47,48)30-15-11-14-28(22-30)35(44)45)31(20-21-40-37(46)50-39(6,7)8)27-16-18-29(19-17-27)38(3,4)5/h10-19,22-23,31H,20-21,24H2,1-9H3,(H,40,46)(H,44,45). The second-order valence-electron chi connectivity index (χ2n) is 14.5. The molecule has 272 valence electrons. The summed E-state index contributed by atoms with van der Waals surface area (Å²) in [5.41, 5.74) is 4.79. The highest BCUT2D eigenvalue weighted by atomic mass is 32.2. The molecule has 51 heavy (non-hydrogen) atoms. The molecule has 0 saturated heterocycles. The number of carbonyl (C=O) groups is 2. The Morgan fingerprint density at radius 1 is 0.902 bits per heavy atom. The summed E-state index contributed by atoms with van der Waals surface area (Å²) >= 11 is 0. The van der Waals surface area contributed by atoms with Gasteiger partial charge in [-0.25, -0.2) is 32.3 Å². The average molecular weight is 717 g/mol. The number of amides is 1. The van der Waals surface area contributed by atoms with Gasteiger partial charge in [-0.05, 0) is 93.0 Å². The molecule has 2 N–H and O–H groups in total. The van der Waals surface area contributed by atoms with Gasteiger partial charge in [0.15, 0.2) is 0 Å². The maximum Gasteiger partial charge on any atom is 0.407 e. The van der Waals surface area contributed by atoms with Crippen molar-refractivity contribution in [2.45, 2.75) is 83.6 Å². The van der Waals surface area contributed by atoms with Crippen LogP contribution in [0.4, 0.5) is 10.7 Å². The minimum absolute atomic E-state index is 0.0864. The van der Waals surface area contributed by atoms with Crippen LogP contribution in [0.15, 0.2) is 77.7 Å². The average Bonchev–Trinajstić information content (AvgIpc) is 3.04. The first-order valence-electron chi connectivity index (χ1n) is 16.7. The SMILES string of the molecule is COCN(c1nc(-c2c(C)cccc2C)cc(C(CCNC(=O)OC(C)(C)C)c2ccc(C(C)(C)C)cc2)n1)S(=O)(=O)c1cccc(C(=O)O)c1. The normalized spacial score (nSPS) is 12.6. The fourth-order valence-electron chi connectivity index (χ4n) is 5.69. The van der Waals surface area contributed by atoms with Crippen LogP contribution in [0.2, 0.25) is 0 Å². The molecule has 4 rings (SSSR count). The first kappa shape index (κ1) is 39.0. The van der Waals surface area contributed by atoms with Gasteiger partial charge in [-0.1, -0.05) is 69.3 Å². The van der Waals surface area contributed by atoms with Crippen LogP contribution in [-0.4, -0.2) is 61.5 Å². The number of nitrogens with zero attached hydrogens (tertiary/aromatic N) is 3. The largest absolute Gasteiger partial charge is 0.478 e. The summed E-state index contributed by atoms with van der Waals surface area (Å²) in [6, 6.07) is 21.0. The molecular weight excluding hydrogens is 669 g/mol. The van der Waals surface area contributed by atoms with Gasteiger partial charge in [0.25, 0.3) is 10.0 Å². The molecule has 0 saturated carbocycles. The van der Waals surface area contributed by atoms with Crippen molar-refractivity contribution < 1.29 is 32.6 Å². The number of benzene rings is 3. The summed E-state index contributed by atoms with van der Waals surface area (Å²) in [5.74, 6) is -1.83. The first-order valence-corrected chi connectivity index (χ1v) is 18.1. The van der Waals surface area contributed by atoms with Gasteiger partial charge >= 0.3 is 12.1 Å². The molecule has 4 aromatic rings. The van der Waals surface area contributed by atoms with Crippen molar-refractivity contribution in [2.75, 3.05) is 24.7 Å². The summed E-state index contributed by atoms with van der Waals surface area (Å²) in [5, 5.41) is 12.4. The number of carboxylic acids is 1. The molecular formula is C39H48N4O7S. The molecule has 0 aliphatic heterocycles. The first-order chi connectivity index (χ1) is 23.8. The van der Waals surface area contributed by atoms with E-state index in [-0.39, 0.29) is 28.4 Å². The van der Waals surface area contributed by atoms with E-state index in [4.69, 9.17) is 19.4 Å². The second-order valence-corrected chi connectivity index (χ2v) is 16.4. The van der Waals surface area contributed by atoms with Crippen molar-refractivity contribution in [3.63, 3.8) is 0 Å². The lowest BCUT2D eigenvalue weighted by atomic mass is 9.84. The molecule has 1 aromatic heterocycles. The van der Waals surface area contributed by atoms with Crippen LogP contribution in [0.25, 0.3) is 11.3 Å². The van der Waals surface area contributed by atoms with Crippen molar-refractivity contribution in [3.8, 4) is 11.3 Å². The van der Waals surface area contributed by atoms with E-state index >= 15 is 0 Å². The maximum absolute atomic E-state index is 14.2. The number of ether oxygens (including phenoxy) is 2. The van der Waals surface area contributed by atoms with Gasteiger partial charge in [-0.15, -0.1) is 0 Å². The molecule has 0 aliphatic carbocycles. The number of rotatable bonds is 12. The summed E-state index contributed by atoms with van der Waals surface area (Å²) in [6.45, 7) is 15.5. The second kappa shape index (κ2) is 15.6. The smallest absolute Gasteiger partial charge is 0.407 e. The zero-order valence-electron chi connectivity index (χ0n) is 30.8. The Morgan fingerprint density at radius 3 is 2.10 bits per heavy atom. The van der Waals surface area contributed by atoms with Crippen LogP contribution < -0.4 is 9.62 Å². The van der Waals surface area contributed by atoms with E-state index in [2.05, 4.69) is 38.2 Å². The van der Waals surface area contributed by atoms with E-state index in [0.717, 1.165) is 38.2 Å². The molecule has 0 fully saturated rings. The molecule has 0 bridgehead atoms. The fourth-order valence-corrected chi connectivity index (χ4v) is 7.01. The van der Waals surface area contributed by atoms with E-state index in [9.17, 15) is 23.1 Å². The Morgan fingerprint density at radius 2 is 1.53 bits per heavy atom.